The molecule has 124 valence electrons. The van der Waals surface area contributed by atoms with Crippen molar-refractivity contribution in [2.75, 3.05) is 0 Å². The van der Waals surface area contributed by atoms with Crippen LogP contribution in [0.15, 0.2) is 47.1 Å². The third-order valence-electron chi connectivity index (χ3n) is 3.57. The van der Waals surface area contributed by atoms with Crippen molar-refractivity contribution in [3.8, 4) is 5.75 Å². The smallest absolute Gasteiger partial charge is 0.261 e. The minimum Gasteiger partial charge on any atom is -0.480 e. The molecule has 1 atom stereocenters. The minimum atomic E-state index is -0.622. The molecule has 0 fully saturated rings. The zero-order valence-electron chi connectivity index (χ0n) is 13.4. The molecule has 7 heteroatoms. The molecule has 1 N–H and O–H groups in total. The Morgan fingerprint density at radius 1 is 1.33 bits per heavy atom. The van der Waals surface area contributed by atoms with E-state index in [-0.39, 0.29) is 12.5 Å². The molecule has 1 amide bonds. The summed E-state index contributed by atoms with van der Waals surface area (Å²) in [6.07, 6.45) is 1.24. The first-order valence-corrected chi connectivity index (χ1v) is 8.33. The number of hydrogen-bond acceptors (Lipinski definition) is 4. The largest absolute Gasteiger partial charge is 0.480 e. The third-order valence-corrected chi connectivity index (χ3v) is 4.19. The highest BCUT2D eigenvalue weighted by molar-refractivity contribution is 9.10. The summed E-state index contributed by atoms with van der Waals surface area (Å²) in [5.41, 5.74) is 1.86. The zero-order valence-corrected chi connectivity index (χ0v) is 14.9. The summed E-state index contributed by atoms with van der Waals surface area (Å²) in [5, 5.41) is 11.0. The Kier molecular flexibility index (Phi) is 4.80. The van der Waals surface area contributed by atoms with E-state index in [4.69, 9.17) is 4.74 Å². The van der Waals surface area contributed by atoms with E-state index in [9.17, 15) is 4.79 Å². The Hall–Kier alpha value is -2.41. The van der Waals surface area contributed by atoms with Gasteiger partial charge < -0.3 is 10.1 Å². The molecule has 2 aromatic heterocycles. The van der Waals surface area contributed by atoms with Gasteiger partial charge in [0.2, 0.25) is 0 Å². The van der Waals surface area contributed by atoms with E-state index in [1.54, 1.807) is 6.92 Å². The number of benzene rings is 1. The van der Waals surface area contributed by atoms with Gasteiger partial charge in [-0.1, -0.05) is 12.1 Å². The molecule has 0 bridgehead atoms. The number of aromatic nitrogens is 3. The lowest BCUT2D eigenvalue weighted by Crippen LogP contribution is -2.36. The summed E-state index contributed by atoms with van der Waals surface area (Å²) in [4.78, 5) is 12.2. The lowest BCUT2D eigenvalue weighted by Gasteiger charge is -2.15. The second-order valence-electron chi connectivity index (χ2n) is 5.46. The van der Waals surface area contributed by atoms with Crippen molar-refractivity contribution in [1.82, 2.24) is 19.9 Å². The standard InChI is InChI=1S/C17H17BrN4O2/c1-11-6-7-14(13(18)9-11)24-12(2)17(23)19-10-16-21-20-15-5-3-4-8-22(15)16/h3-9,12H,10H2,1-2H3,(H,19,23)/t12-/m1/s1. The van der Waals surface area contributed by atoms with E-state index in [2.05, 4.69) is 31.4 Å². The molecule has 3 rings (SSSR count). The first-order chi connectivity index (χ1) is 11.5. The molecule has 6 nitrogen and oxygen atoms in total. The molecule has 1 aromatic carbocycles. The molecule has 0 radical (unpaired) electrons. The van der Waals surface area contributed by atoms with E-state index in [1.807, 2.05) is 53.9 Å². The van der Waals surface area contributed by atoms with Crippen LogP contribution in [-0.4, -0.2) is 26.6 Å². The van der Waals surface area contributed by atoms with Gasteiger partial charge in [-0.2, -0.15) is 0 Å². The van der Waals surface area contributed by atoms with Crippen LogP contribution >= 0.6 is 15.9 Å². The number of pyridine rings is 1. The van der Waals surface area contributed by atoms with E-state index in [1.165, 1.54) is 0 Å². The van der Waals surface area contributed by atoms with Crippen molar-refractivity contribution in [1.29, 1.82) is 0 Å². The maximum atomic E-state index is 12.2. The number of aryl methyl sites for hydroxylation is 1. The van der Waals surface area contributed by atoms with Crippen LogP contribution in [0.4, 0.5) is 0 Å². The van der Waals surface area contributed by atoms with Crippen LogP contribution in [-0.2, 0) is 11.3 Å². The molecule has 0 aliphatic carbocycles. The fraction of sp³-hybridized carbons (Fsp3) is 0.235. The lowest BCUT2D eigenvalue weighted by molar-refractivity contribution is -0.127. The van der Waals surface area contributed by atoms with Gasteiger partial charge in [-0.15, -0.1) is 10.2 Å². The highest BCUT2D eigenvalue weighted by atomic mass is 79.9. The number of carbonyl (C=O) groups excluding carboxylic acids is 1. The fourth-order valence-electron chi connectivity index (χ4n) is 2.27. The van der Waals surface area contributed by atoms with E-state index in [0.29, 0.717) is 11.6 Å². The van der Waals surface area contributed by atoms with Crippen LogP contribution in [0.5, 0.6) is 5.75 Å². The van der Waals surface area contributed by atoms with Gasteiger partial charge in [0.25, 0.3) is 5.91 Å². The van der Waals surface area contributed by atoms with Crippen molar-refractivity contribution < 1.29 is 9.53 Å². The van der Waals surface area contributed by atoms with E-state index in [0.717, 1.165) is 15.7 Å². The van der Waals surface area contributed by atoms with Crippen molar-refractivity contribution in [3.05, 3.63) is 58.5 Å². The summed E-state index contributed by atoms with van der Waals surface area (Å²) in [6, 6.07) is 11.4. The number of nitrogens with zero attached hydrogens (tertiary/aromatic N) is 3. The molecule has 0 saturated carbocycles. The Morgan fingerprint density at radius 2 is 2.17 bits per heavy atom. The van der Waals surface area contributed by atoms with Gasteiger partial charge >= 0.3 is 0 Å². The number of amides is 1. The molecule has 0 unspecified atom stereocenters. The number of halogens is 1. The fourth-order valence-corrected chi connectivity index (χ4v) is 2.85. The Morgan fingerprint density at radius 3 is 2.96 bits per heavy atom. The summed E-state index contributed by atoms with van der Waals surface area (Å²) in [6.45, 7) is 3.99. The van der Waals surface area contributed by atoms with Crippen molar-refractivity contribution in [2.45, 2.75) is 26.5 Å². The lowest BCUT2D eigenvalue weighted by atomic mass is 10.2. The topological polar surface area (TPSA) is 68.5 Å². The number of fused-ring (bicyclic) bond motifs is 1. The highest BCUT2D eigenvalue weighted by Crippen LogP contribution is 2.26. The molecular weight excluding hydrogens is 372 g/mol. The molecule has 24 heavy (non-hydrogen) atoms. The maximum absolute atomic E-state index is 12.2. The normalized spacial score (nSPS) is 12.1. The second kappa shape index (κ2) is 7.00. The first kappa shape index (κ1) is 16.4. The van der Waals surface area contributed by atoms with Crippen LogP contribution in [0.3, 0.4) is 0 Å². The summed E-state index contributed by atoms with van der Waals surface area (Å²) >= 11 is 3.44. The number of rotatable bonds is 5. The zero-order chi connectivity index (χ0) is 17.1. The van der Waals surface area contributed by atoms with E-state index < -0.39 is 6.10 Å². The second-order valence-corrected chi connectivity index (χ2v) is 6.31. The summed E-state index contributed by atoms with van der Waals surface area (Å²) < 4.78 is 8.38. The average Bonchev–Trinajstić information content (AvgIpc) is 2.98. The van der Waals surface area contributed by atoms with Crippen LogP contribution in [0.1, 0.15) is 18.3 Å². The van der Waals surface area contributed by atoms with Gasteiger partial charge in [0.15, 0.2) is 17.6 Å². The Labute approximate surface area is 148 Å². The summed E-state index contributed by atoms with van der Waals surface area (Å²) in [7, 11) is 0. The van der Waals surface area contributed by atoms with Gasteiger partial charge in [-0.3, -0.25) is 9.20 Å². The Bertz CT molecular complexity index is 878. The van der Waals surface area contributed by atoms with Gasteiger partial charge in [0.1, 0.15) is 5.75 Å². The van der Waals surface area contributed by atoms with Gasteiger partial charge in [-0.25, -0.2) is 0 Å². The predicted molar refractivity (Wildman–Crippen MR) is 93.8 cm³/mol. The number of hydrogen-bond donors (Lipinski definition) is 1. The highest BCUT2D eigenvalue weighted by Gasteiger charge is 2.16. The molecule has 0 aliphatic heterocycles. The average molecular weight is 389 g/mol. The quantitative estimate of drug-likeness (QED) is 0.729. The van der Waals surface area contributed by atoms with Crippen LogP contribution in [0.2, 0.25) is 0 Å². The van der Waals surface area contributed by atoms with Crippen LogP contribution in [0.25, 0.3) is 5.65 Å². The Balaban J connectivity index is 1.62. The number of carbonyl (C=O) groups is 1. The molecule has 0 spiro atoms. The van der Waals surface area contributed by atoms with Crippen LogP contribution in [0, 0.1) is 6.92 Å². The molecular formula is C17H17BrN4O2. The van der Waals surface area contributed by atoms with Crippen LogP contribution < -0.4 is 10.1 Å². The monoisotopic (exact) mass is 388 g/mol. The van der Waals surface area contributed by atoms with Crippen molar-refractivity contribution in [3.63, 3.8) is 0 Å². The SMILES string of the molecule is Cc1ccc(O[C@H](C)C(=O)NCc2nnc3ccccn23)c(Br)c1. The third kappa shape index (κ3) is 3.56. The predicted octanol–water partition coefficient (Wildman–Crippen LogP) is 2.88. The number of ether oxygens (including phenoxy) is 1. The summed E-state index contributed by atoms with van der Waals surface area (Å²) in [5.74, 6) is 1.09. The van der Waals surface area contributed by atoms with Gasteiger partial charge in [0.05, 0.1) is 11.0 Å². The van der Waals surface area contributed by atoms with E-state index >= 15 is 0 Å². The first-order valence-electron chi connectivity index (χ1n) is 7.54. The van der Waals surface area contributed by atoms with Crippen molar-refractivity contribution >= 4 is 27.5 Å². The minimum absolute atomic E-state index is 0.213. The molecule has 2 heterocycles. The molecule has 3 aromatic rings. The molecule has 0 saturated heterocycles. The molecule has 0 aliphatic rings. The number of nitrogens with one attached hydrogen (secondary N) is 1. The maximum Gasteiger partial charge on any atom is 0.261 e. The van der Waals surface area contributed by atoms with Gasteiger partial charge in [-0.05, 0) is 59.6 Å². The van der Waals surface area contributed by atoms with Gasteiger partial charge in [0, 0.05) is 6.20 Å². The van der Waals surface area contributed by atoms with Crippen molar-refractivity contribution in [2.24, 2.45) is 0 Å².